The monoisotopic (exact) mass is 292 g/mol. The zero-order valence-electron chi connectivity index (χ0n) is 13.9. The van der Waals surface area contributed by atoms with E-state index in [-0.39, 0.29) is 0 Å². The fourth-order valence-electron chi connectivity index (χ4n) is 3.70. The summed E-state index contributed by atoms with van der Waals surface area (Å²) in [6.07, 6.45) is 11.3. The number of furan rings is 1. The van der Waals surface area contributed by atoms with Crippen LogP contribution in [0.2, 0.25) is 0 Å². The molecule has 120 valence electrons. The standard InChI is InChI=1S/C18H32N2O/c1-3-12-19-15-18(10-6-4-5-7-11-18)16-20(2)14-17-9-8-13-21-17/h8-9,13,19H,3-7,10-12,14-16H2,1-2H3. The zero-order chi connectivity index (χ0) is 15.0. The molecule has 3 heteroatoms. The molecule has 3 nitrogen and oxygen atoms in total. The molecule has 1 N–H and O–H groups in total. The highest BCUT2D eigenvalue weighted by molar-refractivity contribution is 4.98. The zero-order valence-corrected chi connectivity index (χ0v) is 13.9. The van der Waals surface area contributed by atoms with Gasteiger partial charge >= 0.3 is 0 Å². The third kappa shape index (κ3) is 5.48. The van der Waals surface area contributed by atoms with Crippen molar-refractivity contribution in [3.8, 4) is 0 Å². The van der Waals surface area contributed by atoms with Gasteiger partial charge in [0.15, 0.2) is 0 Å². The third-order valence-electron chi connectivity index (χ3n) is 4.70. The summed E-state index contributed by atoms with van der Waals surface area (Å²) in [6.45, 7) is 6.65. The number of rotatable bonds is 8. The molecule has 1 aliphatic carbocycles. The molecule has 1 aromatic rings. The minimum Gasteiger partial charge on any atom is -0.468 e. The van der Waals surface area contributed by atoms with Crippen LogP contribution in [-0.2, 0) is 6.54 Å². The molecule has 1 fully saturated rings. The molecule has 0 aromatic carbocycles. The van der Waals surface area contributed by atoms with Gasteiger partial charge in [0.25, 0.3) is 0 Å². The fraction of sp³-hybridized carbons (Fsp3) is 0.778. The fourth-order valence-corrected chi connectivity index (χ4v) is 3.70. The van der Waals surface area contributed by atoms with E-state index in [0.29, 0.717) is 5.41 Å². The normalized spacial score (nSPS) is 18.8. The Morgan fingerprint density at radius 3 is 2.62 bits per heavy atom. The average Bonchev–Trinajstić information content (AvgIpc) is 2.85. The molecule has 0 amide bonds. The molecule has 1 heterocycles. The van der Waals surface area contributed by atoms with Crippen LogP contribution >= 0.6 is 0 Å². The van der Waals surface area contributed by atoms with Gasteiger partial charge in [-0.15, -0.1) is 0 Å². The Kier molecular flexibility index (Phi) is 6.78. The Balaban J connectivity index is 1.93. The summed E-state index contributed by atoms with van der Waals surface area (Å²) in [7, 11) is 2.23. The first kappa shape index (κ1) is 16.6. The predicted molar refractivity (Wildman–Crippen MR) is 88.3 cm³/mol. The van der Waals surface area contributed by atoms with E-state index in [2.05, 4.69) is 30.3 Å². The van der Waals surface area contributed by atoms with Crippen LogP contribution in [0.25, 0.3) is 0 Å². The van der Waals surface area contributed by atoms with E-state index < -0.39 is 0 Å². The van der Waals surface area contributed by atoms with Gasteiger partial charge in [-0.05, 0) is 50.4 Å². The second-order valence-electron chi connectivity index (χ2n) is 6.84. The predicted octanol–water partition coefficient (Wildman–Crippen LogP) is 4.05. The third-order valence-corrected chi connectivity index (χ3v) is 4.70. The first-order chi connectivity index (χ1) is 10.2. The van der Waals surface area contributed by atoms with Crippen LogP contribution in [-0.4, -0.2) is 31.6 Å². The number of hydrogen-bond acceptors (Lipinski definition) is 3. The lowest BCUT2D eigenvalue weighted by atomic mass is 9.79. The topological polar surface area (TPSA) is 28.4 Å². The second-order valence-corrected chi connectivity index (χ2v) is 6.84. The summed E-state index contributed by atoms with van der Waals surface area (Å²) < 4.78 is 5.49. The second kappa shape index (κ2) is 8.60. The van der Waals surface area contributed by atoms with Gasteiger partial charge in [-0.25, -0.2) is 0 Å². The Labute approximate surface area is 130 Å². The first-order valence-electron chi connectivity index (χ1n) is 8.66. The van der Waals surface area contributed by atoms with E-state index in [1.807, 2.05) is 6.07 Å². The van der Waals surface area contributed by atoms with E-state index in [1.54, 1.807) is 6.26 Å². The molecule has 1 saturated carbocycles. The van der Waals surface area contributed by atoms with Crippen LogP contribution in [0.5, 0.6) is 0 Å². The molecule has 1 aliphatic rings. The summed E-state index contributed by atoms with van der Waals surface area (Å²) in [5.41, 5.74) is 0.451. The molecule has 0 bridgehead atoms. The van der Waals surface area contributed by atoms with Crippen LogP contribution in [0.15, 0.2) is 22.8 Å². The minimum absolute atomic E-state index is 0.451. The first-order valence-corrected chi connectivity index (χ1v) is 8.66. The number of nitrogens with zero attached hydrogens (tertiary/aromatic N) is 1. The quantitative estimate of drug-likeness (QED) is 0.579. The van der Waals surface area contributed by atoms with Crippen molar-refractivity contribution in [3.63, 3.8) is 0 Å². The van der Waals surface area contributed by atoms with Gasteiger partial charge in [0.1, 0.15) is 5.76 Å². The molecule has 0 saturated heterocycles. The maximum absolute atomic E-state index is 5.49. The van der Waals surface area contributed by atoms with E-state index >= 15 is 0 Å². The molecule has 0 unspecified atom stereocenters. The molecular weight excluding hydrogens is 260 g/mol. The number of nitrogens with one attached hydrogen (secondary N) is 1. The van der Waals surface area contributed by atoms with Crippen molar-refractivity contribution in [2.45, 2.75) is 58.4 Å². The van der Waals surface area contributed by atoms with E-state index in [4.69, 9.17) is 4.42 Å². The van der Waals surface area contributed by atoms with Gasteiger partial charge < -0.3 is 9.73 Å². The van der Waals surface area contributed by atoms with Crippen molar-refractivity contribution in [2.24, 2.45) is 5.41 Å². The lowest BCUT2D eigenvalue weighted by Crippen LogP contribution is -2.42. The van der Waals surface area contributed by atoms with Crippen molar-refractivity contribution < 1.29 is 4.42 Å². The summed E-state index contributed by atoms with van der Waals surface area (Å²) in [4.78, 5) is 2.44. The Morgan fingerprint density at radius 1 is 1.24 bits per heavy atom. The van der Waals surface area contributed by atoms with Crippen molar-refractivity contribution in [3.05, 3.63) is 24.2 Å². The Hall–Kier alpha value is -0.800. The molecule has 0 aliphatic heterocycles. The van der Waals surface area contributed by atoms with E-state index in [0.717, 1.165) is 18.8 Å². The SMILES string of the molecule is CCCNCC1(CN(C)Cc2ccco2)CCCCCC1. The van der Waals surface area contributed by atoms with Gasteiger partial charge in [0.2, 0.25) is 0 Å². The number of hydrogen-bond donors (Lipinski definition) is 1. The molecule has 1 aromatic heterocycles. The maximum atomic E-state index is 5.49. The van der Waals surface area contributed by atoms with Gasteiger partial charge in [-0.1, -0.05) is 32.6 Å². The van der Waals surface area contributed by atoms with Crippen molar-refractivity contribution in [1.29, 1.82) is 0 Å². The maximum Gasteiger partial charge on any atom is 0.117 e. The summed E-state index contributed by atoms with van der Waals surface area (Å²) >= 11 is 0. The van der Waals surface area contributed by atoms with Crippen molar-refractivity contribution in [1.82, 2.24) is 10.2 Å². The van der Waals surface area contributed by atoms with Crippen LogP contribution in [0.4, 0.5) is 0 Å². The van der Waals surface area contributed by atoms with Gasteiger partial charge in [0.05, 0.1) is 12.8 Å². The van der Waals surface area contributed by atoms with E-state index in [9.17, 15) is 0 Å². The largest absolute Gasteiger partial charge is 0.468 e. The Bertz CT molecular complexity index is 367. The van der Waals surface area contributed by atoms with Crippen LogP contribution < -0.4 is 5.32 Å². The van der Waals surface area contributed by atoms with Crippen LogP contribution in [0.3, 0.4) is 0 Å². The highest BCUT2D eigenvalue weighted by atomic mass is 16.3. The molecule has 0 radical (unpaired) electrons. The Morgan fingerprint density at radius 2 is 2.00 bits per heavy atom. The van der Waals surface area contributed by atoms with Crippen LogP contribution in [0.1, 0.15) is 57.6 Å². The smallest absolute Gasteiger partial charge is 0.117 e. The van der Waals surface area contributed by atoms with Crippen molar-refractivity contribution in [2.75, 3.05) is 26.7 Å². The summed E-state index contributed by atoms with van der Waals surface area (Å²) in [6, 6.07) is 4.05. The van der Waals surface area contributed by atoms with E-state index in [1.165, 1.54) is 58.0 Å². The minimum atomic E-state index is 0.451. The lowest BCUT2D eigenvalue weighted by molar-refractivity contribution is 0.136. The van der Waals surface area contributed by atoms with Gasteiger partial charge in [0, 0.05) is 13.1 Å². The molecule has 21 heavy (non-hydrogen) atoms. The highest BCUT2D eigenvalue weighted by Gasteiger charge is 2.31. The summed E-state index contributed by atoms with van der Waals surface area (Å²) in [5, 5.41) is 3.69. The van der Waals surface area contributed by atoms with Crippen LogP contribution in [0, 0.1) is 5.41 Å². The lowest BCUT2D eigenvalue weighted by Gasteiger charge is -2.37. The summed E-state index contributed by atoms with van der Waals surface area (Å²) in [5.74, 6) is 1.07. The molecule has 0 spiro atoms. The van der Waals surface area contributed by atoms with Gasteiger partial charge in [-0.3, -0.25) is 4.90 Å². The average molecular weight is 292 g/mol. The molecule has 2 rings (SSSR count). The van der Waals surface area contributed by atoms with Crippen molar-refractivity contribution >= 4 is 0 Å². The highest BCUT2D eigenvalue weighted by Crippen LogP contribution is 2.35. The van der Waals surface area contributed by atoms with Gasteiger partial charge in [-0.2, -0.15) is 0 Å². The molecule has 0 atom stereocenters. The molecular formula is C18H32N2O.